The third-order valence-corrected chi connectivity index (χ3v) is 6.83. The molecule has 0 unspecified atom stereocenters. The van der Waals surface area contributed by atoms with Crippen LogP contribution in [0, 0.1) is 5.82 Å². The monoisotopic (exact) mass is 488 g/mol. The van der Waals surface area contributed by atoms with Gasteiger partial charge in [0.15, 0.2) is 0 Å². The fourth-order valence-corrected chi connectivity index (χ4v) is 4.96. The number of hydrogen-bond donors (Lipinski definition) is 1. The van der Waals surface area contributed by atoms with Gasteiger partial charge in [0.05, 0.1) is 0 Å². The molecule has 0 spiro atoms. The quantitative estimate of drug-likeness (QED) is 0.554. The minimum absolute atomic E-state index is 0.0606. The number of amides is 1. The molecule has 2 aliphatic heterocycles. The zero-order valence-corrected chi connectivity index (χ0v) is 20.8. The highest BCUT2D eigenvalue weighted by Gasteiger charge is 2.20. The minimum atomic E-state index is -0.192. The Morgan fingerprint density at radius 2 is 1.56 bits per heavy atom. The smallest absolute Gasteiger partial charge is 0.221 e. The van der Waals surface area contributed by atoms with Gasteiger partial charge in [0.25, 0.3) is 0 Å². The number of nitrogens with one attached hydrogen (secondary N) is 1. The van der Waals surface area contributed by atoms with Crippen molar-refractivity contribution < 1.29 is 13.9 Å². The molecule has 7 heteroatoms. The van der Waals surface area contributed by atoms with E-state index in [0.29, 0.717) is 6.61 Å². The van der Waals surface area contributed by atoms with Crippen LogP contribution in [0.5, 0.6) is 5.75 Å². The second-order valence-electron chi connectivity index (χ2n) is 9.62. The lowest BCUT2D eigenvalue weighted by atomic mass is 10.1. The first-order valence-corrected chi connectivity index (χ1v) is 12.6. The number of anilines is 2. The summed E-state index contributed by atoms with van der Waals surface area (Å²) in [4.78, 5) is 18.5. The van der Waals surface area contributed by atoms with E-state index in [0.717, 1.165) is 69.5 Å². The number of hydrogen-bond acceptors (Lipinski definition) is 5. The maximum Gasteiger partial charge on any atom is 0.221 e. The van der Waals surface area contributed by atoms with Gasteiger partial charge >= 0.3 is 0 Å². The number of nitrogens with zero attached hydrogens (tertiary/aromatic N) is 3. The molecule has 1 N–H and O–H groups in total. The van der Waals surface area contributed by atoms with Crippen molar-refractivity contribution in [1.82, 2.24) is 9.80 Å². The fraction of sp³-hybridized carbons (Fsp3) is 0.345. The van der Waals surface area contributed by atoms with Crippen LogP contribution in [0.1, 0.15) is 23.6 Å². The first-order chi connectivity index (χ1) is 17.5. The summed E-state index contributed by atoms with van der Waals surface area (Å²) in [5.74, 6) is 0.723. The Morgan fingerprint density at radius 3 is 2.28 bits per heavy atom. The summed E-state index contributed by atoms with van der Waals surface area (Å²) < 4.78 is 19.3. The van der Waals surface area contributed by atoms with E-state index in [2.05, 4.69) is 50.3 Å². The Labute approximate surface area is 212 Å². The highest BCUT2D eigenvalue weighted by Crippen LogP contribution is 2.26. The van der Waals surface area contributed by atoms with E-state index < -0.39 is 0 Å². The summed E-state index contributed by atoms with van der Waals surface area (Å²) in [6, 6.07) is 21.4. The second kappa shape index (κ2) is 11.1. The molecule has 36 heavy (non-hydrogen) atoms. The largest absolute Gasteiger partial charge is 0.492 e. The summed E-state index contributed by atoms with van der Waals surface area (Å²) in [6.45, 7) is 9.47. The predicted octanol–water partition coefficient (Wildman–Crippen LogP) is 4.50. The van der Waals surface area contributed by atoms with Crippen molar-refractivity contribution in [3.8, 4) is 5.75 Å². The van der Waals surface area contributed by atoms with Crippen molar-refractivity contribution in [3.63, 3.8) is 0 Å². The van der Waals surface area contributed by atoms with Crippen LogP contribution in [0.2, 0.25) is 0 Å². The highest BCUT2D eigenvalue weighted by atomic mass is 19.1. The summed E-state index contributed by atoms with van der Waals surface area (Å²) in [5.41, 5.74) is 5.64. The Kier molecular flexibility index (Phi) is 7.49. The predicted molar refractivity (Wildman–Crippen MR) is 141 cm³/mol. The Bertz CT molecular complexity index is 1170. The lowest BCUT2D eigenvalue weighted by molar-refractivity contribution is -0.114. The van der Waals surface area contributed by atoms with Crippen molar-refractivity contribution >= 4 is 17.3 Å². The molecule has 0 radical (unpaired) electrons. The molecule has 0 aliphatic carbocycles. The summed E-state index contributed by atoms with van der Waals surface area (Å²) in [7, 11) is 0. The zero-order chi connectivity index (χ0) is 24.9. The van der Waals surface area contributed by atoms with E-state index in [9.17, 15) is 9.18 Å². The molecule has 1 saturated heterocycles. The number of rotatable bonds is 6. The van der Waals surface area contributed by atoms with Crippen LogP contribution >= 0.6 is 0 Å². The average molecular weight is 489 g/mol. The third kappa shape index (κ3) is 6.22. The molecule has 1 amide bonds. The minimum Gasteiger partial charge on any atom is -0.492 e. The molecule has 0 bridgehead atoms. The molecule has 188 valence electrons. The lowest BCUT2D eigenvalue weighted by Crippen LogP contribution is -2.45. The van der Waals surface area contributed by atoms with E-state index in [1.54, 1.807) is 0 Å². The van der Waals surface area contributed by atoms with Crippen LogP contribution in [0.4, 0.5) is 15.8 Å². The number of fused-ring (bicyclic) bond motifs is 1. The van der Waals surface area contributed by atoms with Crippen molar-refractivity contribution in [2.75, 3.05) is 49.5 Å². The molecule has 1 fully saturated rings. The summed E-state index contributed by atoms with van der Waals surface area (Å²) in [6.07, 6.45) is 0. The zero-order valence-electron chi connectivity index (χ0n) is 20.8. The standard InChI is InChI=1S/C29H33FN4O2/c1-22(35)31-27-7-2-23(3-8-27)19-33-16-17-36-29-11-4-24(18-25(29)21-33)20-32-12-14-34(15-13-32)28-9-5-26(30)6-10-28/h2-11,18H,12-17,19-21H2,1H3,(H,31,35). The van der Waals surface area contributed by atoms with Crippen molar-refractivity contribution in [2.24, 2.45) is 0 Å². The van der Waals surface area contributed by atoms with E-state index in [4.69, 9.17) is 4.74 Å². The average Bonchev–Trinajstić information content (AvgIpc) is 3.07. The van der Waals surface area contributed by atoms with Gasteiger partial charge in [0.2, 0.25) is 5.91 Å². The maximum absolute atomic E-state index is 13.2. The van der Waals surface area contributed by atoms with Crippen molar-refractivity contribution in [2.45, 2.75) is 26.6 Å². The molecule has 3 aromatic carbocycles. The number of halogens is 1. The van der Waals surface area contributed by atoms with E-state index >= 15 is 0 Å². The molecule has 6 nitrogen and oxygen atoms in total. The van der Waals surface area contributed by atoms with Crippen LogP contribution < -0.4 is 15.0 Å². The van der Waals surface area contributed by atoms with Gasteiger partial charge in [-0.05, 0) is 59.7 Å². The highest BCUT2D eigenvalue weighted by molar-refractivity contribution is 5.88. The van der Waals surface area contributed by atoms with Crippen molar-refractivity contribution in [1.29, 1.82) is 0 Å². The van der Waals surface area contributed by atoms with Crippen LogP contribution in [0.25, 0.3) is 0 Å². The number of carbonyl (C=O) groups is 1. The van der Waals surface area contributed by atoms with Gasteiger partial charge in [-0.25, -0.2) is 4.39 Å². The molecule has 5 rings (SSSR count). The molecular weight excluding hydrogens is 455 g/mol. The number of carbonyl (C=O) groups excluding carboxylic acids is 1. The molecule has 0 aromatic heterocycles. The SMILES string of the molecule is CC(=O)Nc1ccc(CN2CCOc3ccc(CN4CCN(c5ccc(F)cc5)CC4)cc3C2)cc1. The Hall–Kier alpha value is -3.42. The first-order valence-electron chi connectivity index (χ1n) is 12.6. The van der Waals surface area contributed by atoms with Crippen LogP contribution in [-0.4, -0.2) is 55.0 Å². The van der Waals surface area contributed by atoms with Gasteiger partial charge in [-0.3, -0.25) is 14.6 Å². The van der Waals surface area contributed by atoms with E-state index in [1.807, 2.05) is 24.3 Å². The van der Waals surface area contributed by atoms with Crippen LogP contribution in [0.15, 0.2) is 66.7 Å². The molecule has 3 aromatic rings. The third-order valence-electron chi connectivity index (χ3n) is 6.83. The van der Waals surface area contributed by atoms with Gasteiger partial charge in [-0.2, -0.15) is 0 Å². The van der Waals surface area contributed by atoms with Gasteiger partial charge in [0.1, 0.15) is 18.2 Å². The number of ether oxygens (including phenoxy) is 1. The number of piperazine rings is 1. The van der Waals surface area contributed by atoms with E-state index in [-0.39, 0.29) is 11.7 Å². The summed E-state index contributed by atoms with van der Waals surface area (Å²) >= 11 is 0. The molecule has 2 aliphatic rings. The normalized spacial score (nSPS) is 16.7. The number of benzene rings is 3. The van der Waals surface area contributed by atoms with Gasteiger partial charge in [-0.1, -0.05) is 18.2 Å². The van der Waals surface area contributed by atoms with Crippen LogP contribution in [-0.2, 0) is 24.4 Å². The van der Waals surface area contributed by atoms with Gasteiger partial charge in [-0.15, -0.1) is 0 Å². The Morgan fingerprint density at radius 1 is 0.861 bits per heavy atom. The maximum atomic E-state index is 13.2. The van der Waals surface area contributed by atoms with Crippen molar-refractivity contribution in [3.05, 3.63) is 89.2 Å². The van der Waals surface area contributed by atoms with Gasteiger partial charge < -0.3 is 15.0 Å². The molecular formula is C29H33FN4O2. The Balaban J connectivity index is 1.18. The topological polar surface area (TPSA) is 48.1 Å². The lowest BCUT2D eigenvalue weighted by Gasteiger charge is -2.36. The second-order valence-corrected chi connectivity index (χ2v) is 9.62. The first kappa shape index (κ1) is 24.3. The molecule has 0 saturated carbocycles. The van der Waals surface area contributed by atoms with Crippen LogP contribution in [0.3, 0.4) is 0 Å². The fourth-order valence-electron chi connectivity index (χ4n) is 4.96. The van der Waals surface area contributed by atoms with E-state index in [1.165, 1.54) is 35.7 Å². The molecule has 0 atom stereocenters. The van der Waals surface area contributed by atoms with Gasteiger partial charge in [0, 0.05) is 76.2 Å². The molecule has 2 heterocycles. The summed E-state index contributed by atoms with van der Waals surface area (Å²) in [5, 5.41) is 2.82.